The second-order valence-corrected chi connectivity index (χ2v) is 11.6. The minimum absolute atomic E-state index is 0.260. The largest absolute Gasteiger partial charge is 0.494 e. The van der Waals surface area contributed by atoms with Crippen LogP contribution in [0.1, 0.15) is 44.0 Å². The van der Waals surface area contributed by atoms with E-state index in [2.05, 4.69) is 5.32 Å². The fourth-order valence-electron chi connectivity index (χ4n) is 5.50. The maximum atomic E-state index is 13.6. The van der Waals surface area contributed by atoms with Gasteiger partial charge in [0.25, 0.3) is 5.91 Å². The molecule has 1 fully saturated rings. The summed E-state index contributed by atoms with van der Waals surface area (Å²) in [6.07, 6.45) is -3.57. The third-order valence-electron chi connectivity index (χ3n) is 7.21. The number of alkyl carbamates (subject to hydrolysis) is 1. The van der Waals surface area contributed by atoms with Gasteiger partial charge in [0, 0.05) is 42.6 Å². The minimum atomic E-state index is -4.44. The predicted molar refractivity (Wildman–Crippen MR) is 153 cm³/mol. The van der Waals surface area contributed by atoms with Gasteiger partial charge in [-0.3, -0.25) is 4.79 Å². The van der Waals surface area contributed by atoms with Crippen LogP contribution in [-0.4, -0.2) is 69.0 Å². The Kier molecular flexibility index (Phi) is 7.59. The average Bonchev–Trinajstić information content (AvgIpc) is 3.42. The normalized spacial score (nSPS) is 16.2. The molecule has 9 nitrogen and oxygen atoms in total. The van der Waals surface area contributed by atoms with Crippen LogP contribution in [0.3, 0.4) is 0 Å². The molecule has 2 amide bonds. The van der Waals surface area contributed by atoms with Gasteiger partial charge < -0.3 is 28.8 Å². The standard InChI is InChI=1S/C30H34F3N5O4/c1-29(2,3)42-28(40)34-20-10-8-12-37(16-20)27(39)19-13-21-25(24(15-19)41-5)36(4)26(35-21)23-14-18-9-6-7-11-22(18)38(23)17-30(31,32)33/h6-7,9,11,13-15,20H,8,10,12,16-17H2,1-5H3,(H,34,40)/t20-/m1/s1. The summed E-state index contributed by atoms with van der Waals surface area (Å²) in [7, 11) is 3.18. The number of carbonyl (C=O) groups excluding carboxylic acids is 2. The molecule has 1 aliphatic rings. The number of hydrogen-bond donors (Lipinski definition) is 1. The van der Waals surface area contributed by atoms with Crippen LogP contribution in [0.5, 0.6) is 5.75 Å². The molecule has 12 heteroatoms. The number of nitrogens with zero attached hydrogens (tertiary/aromatic N) is 4. The highest BCUT2D eigenvalue weighted by molar-refractivity contribution is 6.00. The van der Waals surface area contributed by atoms with Crippen molar-refractivity contribution in [3.05, 3.63) is 48.0 Å². The molecule has 0 saturated carbocycles. The Morgan fingerprint density at radius 3 is 2.55 bits per heavy atom. The molecule has 224 valence electrons. The van der Waals surface area contributed by atoms with Crippen LogP contribution in [0.25, 0.3) is 33.5 Å². The molecule has 0 unspecified atom stereocenters. The number of fused-ring (bicyclic) bond motifs is 2. The van der Waals surface area contributed by atoms with E-state index in [1.54, 1.807) is 79.8 Å². The monoisotopic (exact) mass is 585 g/mol. The molecule has 1 aliphatic heterocycles. The number of ether oxygens (including phenoxy) is 2. The Labute approximate surface area is 241 Å². The highest BCUT2D eigenvalue weighted by Gasteiger charge is 2.32. The lowest BCUT2D eigenvalue weighted by Crippen LogP contribution is -2.50. The van der Waals surface area contributed by atoms with Crippen molar-refractivity contribution in [3.8, 4) is 17.3 Å². The second kappa shape index (κ2) is 10.9. The lowest BCUT2D eigenvalue weighted by molar-refractivity contribution is -0.139. The van der Waals surface area contributed by atoms with Crippen LogP contribution in [0.4, 0.5) is 18.0 Å². The number of hydrogen-bond acceptors (Lipinski definition) is 5. The predicted octanol–water partition coefficient (Wildman–Crippen LogP) is 5.90. The molecule has 1 atom stereocenters. The number of piperidine rings is 1. The Bertz CT molecular complexity index is 1650. The Morgan fingerprint density at radius 2 is 1.86 bits per heavy atom. The lowest BCUT2D eigenvalue weighted by atomic mass is 10.0. The molecule has 1 saturated heterocycles. The van der Waals surface area contributed by atoms with Crippen molar-refractivity contribution in [2.75, 3.05) is 20.2 Å². The van der Waals surface area contributed by atoms with E-state index < -0.39 is 24.4 Å². The first-order valence-corrected chi connectivity index (χ1v) is 13.7. The van der Waals surface area contributed by atoms with E-state index in [1.807, 2.05) is 0 Å². The van der Waals surface area contributed by atoms with Gasteiger partial charge >= 0.3 is 12.3 Å². The van der Waals surface area contributed by atoms with Gasteiger partial charge in [0.05, 0.1) is 18.3 Å². The second-order valence-electron chi connectivity index (χ2n) is 11.6. The van der Waals surface area contributed by atoms with E-state index >= 15 is 0 Å². The van der Waals surface area contributed by atoms with Crippen LogP contribution in [0.15, 0.2) is 42.5 Å². The topological polar surface area (TPSA) is 90.6 Å². The molecule has 42 heavy (non-hydrogen) atoms. The van der Waals surface area contributed by atoms with Crippen LogP contribution >= 0.6 is 0 Å². The highest BCUT2D eigenvalue weighted by atomic mass is 19.4. The number of methoxy groups -OCH3 is 1. The molecular weight excluding hydrogens is 551 g/mol. The number of rotatable bonds is 5. The summed E-state index contributed by atoms with van der Waals surface area (Å²) < 4.78 is 54.7. The molecule has 0 bridgehead atoms. The van der Waals surface area contributed by atoms with E-state index in [0.29, 0.717) is 70.7 Å². The van der Waals surface area contributed by atoms with Gasteiger partial charge in [-0.25, -0.2) is 9.78 Å². The number of likely N-dealkylation sites (tertiary alicyclic amines) is 1. The fourth-order valence-corrected chi connectivity index (χ4v) is 5.50. The van der Waals surface area contributed by atoms with Crippen LogP contribution in [0, 0.1) is 0 Å². The summed E-state index contributed by atoms with van der Waals surface area (Å²) in [4.78, 5) is 32.3. The molecule has 5 rings (SSSR count). The maximum absolute atomic E-state index is 13.6. The van der Waals surface area contributed by atoms with Crippen LogP contribution in [0.2, 0.25) is 0 Å². The number of aromatic nitrogens is 3. The summed E-state index contributed by atoms with van der Waals surface area (Å²) in [5.41, 5.74) is 1.41. The first kappa shape index (κ1) is 29.3. The Balaban J connectivity index is 1.49. The Morgan fingerprint density at radius 1 is 1.12 bits per heavy atom. The number of benzene rings is 2. The van der Waals surface area contributed by atoms with Gasteiger partial charge in [-0.05, 0) is 57.9 Å². The van der Waals surface area contributed by atoms with Gasteiger partial charge in [0.1, 0.15) is 23.4 Å². The lowest BCUT2D eigenvalue weighted by Gasteiger charge is -2.33. The number of imidazole rings is 1. The molecule has 2 aromatic heterocycles. The van der Waals surface area contributed by atoms with Crippen molar-refractivity contribution in [1.82, 2.24) is 24.3 Å². The zero-order chi connectivity index (χ0) is 30.4. The number of nitrogens with one attached hydrogen (secondary N) is 1. The summed E-state index contributed by atoms with van der Waals surface area (Å²) in [5.74, 6) is 0.424. The van der Waals surface area contributed by atoms with Crippen molar-refractivity contribution in [2.45, 2.75) is 58.0 Å². The maximum Gasteiger partial charge on any atom is 0.407 e. The summed E-state index contributed by atoms with van der Waals surface area (Å²) >= 11 is 0. The van der Waals surface area contributed by atoms with E-state index in [0.717, 1.165) is 0 Å². The van der Waals surface area contributed by atoms with Crippen molar-refractivity contribution < 1.29 is 32.2 Å². The average molecular weight is 586 g/mol. The number of halogens is 3. The molecule has 4 aromatic rings. The minimum Gasteiger partial charge on any atom is -0.494 e. The van der Waals surface area contributed by atoms with E-state index in [1.165, 1.54) is 11.7 Å². The van der Waals surface area contributed by atoms with Crippen molar-refractivity contribution in [1.29, 1.82) is 0 Å². The molecule has 1 N–H and O–H groups in total. The van der Waals surface area contributed by atoms with E-state index in [-0.39, 0.29) is 11.9 Å². The fraction of sp³-hybridized carbons (Fsp3) is 0.433. The van der Waals surface area contributed by atoms with E-state index in [9.17, 15) is 22.8 Å². The third-order valence-corrected chi connectivity index (χ3v) is 7.21. The van der Waals surface area contributed by atoms with Crippen LogP contribution in [-0.2, 0) is 18.3 Å². The Hall–Kier alpha value is -4.22. The van der Waals surface area contributed by atoms with Crippen molar-refractivity contribution >= 4 is 33.9 Å². The number of para-hydroxylation sites is 1. The molecule has 2 aromatic carbocycles. The number of amides is 2. The molecule has 0 radical (unpaired) electrons. The van der Waals surface area contributed by atoms with Gasteiger partial charge in [0.2, 0.25) is 0 Å². The SMILES string of the molecule is COc1cc(C(=O)N2CCC[C@@H](NC(=O)OC(C)(C)C)C2)cc2nc(-c3cc4ccccc4n3CC(F)(F)F)n(C)c12. The molecule has 3 heterocycles. The molecular formula is C30H34F3N5O4. The number of aryl methyl sites for hydroxylation is 1. The molecule has 0 aliphatic carbocycles. The number of carbonyl (C=O) groups is 2. The van der Waals surface area contributed by atoms with Crippen LogP contribution < -0.4 is 10.1 Å². The summed E-state index contributed by atoms with van der Waals surface area (Å²) in [5, 5.41) is 3.51. The smallest absolute Gasteiger partial charge is 0.407 e. The zero-order valence-electron chi connectivity index (χ0n) is 24.2. The summed E-state index contributed by atoms with van der Waals surface area (Å²) in [6.45, 7) is 5.00. The van der Waals surface area contributed by atoms with Crippen molar-refractivity contribution in [2.24, 2.45) is 7.05 Å². The van der Waals surface area contributed by atoms with Gasteiger partial charge in [-0.15, -0.1) is 0 Å². The quantitative estimate of drug-likeness (QED) is 0.315. The highest BCUT2D eigenvalue weighted by Crippen LogP contribution is 2.36. The van der Waals surface area contributed by atoms with Crippen molar-refractivity contribution in [3.63, 3.8) is 0 Å². The first-order valence-electron chi connectivity index (χ1n) is 13.7. The zero-order valence-corrected chi connectivity index (χ0v) is 24.2. The van der Waals surface area contributed by atoms with E-state index in [4.69, 9.17) is 14.5 Å². The molecule has 0 spiro atoms. The van der Waals surface area contributed by atoms with Gasteiger partial charge in [-0.1, -0.05) is 18.2 Å². The summed E-state index contributed by atoms with van der Waals surface area (Å²) in [6, 6.07) is 11.5. The van der Waals surface area contributed by atoms with Gasteiger partial charge in [0.15, 0.2) is 5.82 Å². The van der Waals surface area contributed by atoms with Gasteiger partial charge in [-0.2, -0.15) is 13.2 Å². The third kappa shape index (κ3) is 6.02. The number of alkyl halides is 3. The first-order chi connectivity index (χ1) is 19.7.